The minimum absolute atomic E-state index is 0.0815. The summed E-state index contributed by atoms with van der Waals surface area (Å²) in [5.41, 5.74) is 5.01. The van der Waals surface area contributed by atoms with Crippen LogP contribution < -0.4 is 4.74 Å². The monoisotopic (exact) mass is 320 g/mol. The van der Waals surface area contributed by atoms with Gasteiger partial charge in [0.2, 0.25) is 0 Å². The van der Waals surface area contributed by atoms with Crippen molar-refractivity contribution < 1.29 is 9.53 Å². The number of carbonyl (C=O) groups excluding carboxylic acids is 1. The molecule has 3 rings (SSSR count). The number of Topliss-reactive ketones (excluding diaryl/α,β-unsaturated/α-hetero) is 1. The predicted octanol–water partition coefficient (Wildman–Crippen LogP) is 5.44. The number of hydrogen-bond acceptors (Lipinski definition) is 2. The van der Waals surface area contributed by atoms with Crippen LogP contribution in [0.15, 0.2) is 48.5 Å². The van der Waals surface area contributed by atoms with Crippen molar-refractivity contribution in [2.45, 2.75) is 33.6 Å². The number of ketones is 1. The lowest BCUT2D eigenvalue weighted by atomic mass is 9.91. The van der Waals surface area contributed by atoms with Crippen LogP contribution in [0.5, 0.6) is 5.75 Å². The zero-order valence-electron chi connectivity index (χ0n) is 14.6. The second-order valence-corrected chi connectivity index (χ2v) is 6.56. The molecule has 1 fully saturated rings. The predicted molar refractivity (Wildman–Crippen MR) is 98.6 cm³/mol. The van der Waals surface area contributed by atoms with Gasteiger partial charge in [0, 0.05) is 11.1 Å². The fourth-order valence-corrected chi connectivity index (χ4v) is 2.95. The van der Waals surface area contributed by atoms with Gasteiger partial charge in [0.25, 0.3) is 0 Å². The maximum absolute atomic E-state index is 12.0. The van der Waals surface area contributed by atoms with E-state index in [-0.39, 0.29) is 5.78 Å². The van der Waals surface area contributed by atoms with Crippen LogP contribution >= 0.6 is 0 Å². The van der Waals surface area contributed by atoms with Crippen molar-refractivity contribution in [3.8, 4) is 5.75 Å². The van der Waals surface area contributed by atoms with Gasteiger partial charge in [0.05, 0.1) is 6.61 Å². The van der Waals surface area contributed by atoms with Crippen LogP contribution in [0.25, 0.3) is 5.57 Å². The molecule has 0 bridgehead atoms. The van der Waals surface area contributed by atoms with Crippen LogP contribution in [0.3, 0.4) is 0 Å². The Labute approximate surface area is 144 Å². The zero-order chi connectivity index (χ0) is 17.1. The SMILES string of the molecule is C/C=C(/c1cc(C)ccc1OCC1CC1)c1ccccc1C(C)=O. The quantitative estimate of drug-likeness (QED) is 0.663. The average Bonchev–Trinajstić information content (AvgIpc) is 3.39. The third-order valence-corrected chi connectivity index (χ3v) is 4.48. The number of benzene rings is 2. The highest BCUT2D eigenvalue weighted by Crippen LogP contribution is 2.36. The lowest BCUT2D eigenvalue weighted by molar-refractivity contribution is 0.101. The smallest absolute Gasteiger partial charge is 0.160 e. The maximum Gasteiger partial charge on any atom is 0.160 e. The molecule has 0 amide bonds. The Kier molecular flexibility index (Phi) is 4.84. The van der Waals surface area contributed by atoms with E-state index in [0.29, 0.717) is 5.92 Å². The standard InChI is InChI=1S/C22H24O2/c1-4-18(20-8-6-5-7-19(20)16(3)23)21-13-15(2)9-12-22(21)24-14-17-10-11-17/h4-9,12-13,17H,10-11,14H2,1-3H3/b18-4+. The molecule has 0 spiro atoms. The van der Waals surface area contributed by atoms with Crippen molar-refractivity contribution in [1.82, 2.24) is 0 Å². The number of allylic oxidation sites excluding steroid dienone is 1. The summed E-state index contributed by atoms with van der Waals surface area (Å²) in [6.45, 7) is 6.49. The number of rotatable bonds is 6. The molecule has 124 valence electrons. The van der Waals surface area contributed by atoms with Gasteiger partial charge in [-0.3, -0.25) is 4.79 Å². The molecule has 0 aliphatic heterocycles. The fourth-order valence-electron chi connectivity index (χ4n) is 2.95. The first-order valence-electron chi connectivity index (χ1n) is 8.60. The van der Waals surface area contributed by atoms with E-state index in [1.807, 2.05) is 37.3 Å². The molecule has 1 saturated carbocycles. The van der Waals surface area contributed by atoms with Crippen LogP contribution in [0.1, 0.15) is 53.7 Å². The normalized spacial score (nSPS) is 14.5. The Morgan fingerprint density at radius 1 is 1.12 bits per heavy atom. The summed E-state index contributed by atoms with van der Waals surface area (Å²) >= 11 is 0. The van der Waals surface area contributed by atoms with E-state index in [1.54, 1.807) is 6.92 Å². The number of hydrogen-bond donors (Lipinski definition) is 0. The van der Waals surface area contributed by atoms with E-state index >= 15 is 0 Å². The first-order valence-corrected chi connectivity index (χ1v) is 8.60. The van der Waals surface area contributed by atoms with Gasteiger partial charge >= 0.3 is 0 Å². The second-order valence-electron chi connectivity index (χ2n) is 6.56. The molecule has 2 aromatic carbocycles. The van der Waals surface area contributed by atoms with Crippen molar-refractivity contribution in [1.29, 1.82) is 0 Å². The van der Waals surface area contributed by atoms with Crippen LogP contribution in [0.2, 0.25) is 0 Å². The van der Waals surface area contributed by atoms with Gasteiger partial charge in [-0.1, -0.05) is 42.0 Å². The Hall–Kier alpha value is -2.35. The Morgan fingerprint density at radius 3 is 2.46 bits per heavy atom. The lowest BCUT2D eigenvalue weighted by Crippen LogP contribution is -2.04. The molecule has 0 heterocycles. The van der Waals surface area contributed by atoms with Crippen LogP contribution in [-0.4, -0.2) is 12.4 Å². The topological polar surface area (TPSA) is 26.3 Å². The Bertz CT molecular complexity index is 782. The minimum Gasteiger partial charge on any atom is -0.493 e. The van der Waals surface area contributed by atoms with E-state index < -0.39 is 0 Å². The van der Waals surface area contributed by atoms with E-state index in [4.69, 9.17) is 4.74 Å². The van der Waals surface area contributed by atoms with Crippen LogP contribution in [0, 0.1) is 12.8 Å². The number of ether oxygens (including phenoxy) is 1. The van der Waals surface area contributed by atoms with E-state index in [0.717, 1.165) is 34.6 Å². The first kappa shape index (κ1) is 16.5. The lowest BCUT2D eigenvalue weighted by Gasteiger charge is -2.17. The highest BCUT2D eigenvalue weighted by atomic mass is 16.5. The first-order chi connectivity index (χ1) is 11.6. The highest BCUT2D eigenvalue weighted by Gasteiger charge is 2.23. The summed E-state index contributed by atoms with van der Waals surface area (Å²) in [5, 5.41) is 0. The summed E-state index contributed by atoms with van der Waals surface area (Å²) in [4.78, 5) is 12.0. The van der Waals surface area contributed by atoms with Crippen LogP contribution in [0.4, 0.5) is 0 Å². The van der Waals surface area contributed by atoms with Gasteiger partial charge in [-0.2, -0.15) is 0 Å². The molecule has 0 N–H and O–H groups in total. The summed E-state index contributed by atoms with van der Waals surface area (Å²) in [7, 11) is 0. The Morgan fingerprint density at radius 2 is 1.83 bits per heavy atom. The van der Waals surface area contributed by atoms with E-state index in [9.17, 15) is 4.79 Å². The summed E-state index contributed by atoms with van der Waals surface area (Å²) in [5.74, 6) is 1.69. The van der Waals surface area contributed by atoms with Gasteiger partial charge in [-0.05, 0) is 62.8 Å². The molecule has 2 heteroatoms. The van der Waals surface area contributed by atoms with Gasteiger partial charge in [-0.15, -0.1) is 0 Å². The molecule has 24 heavy (non-hydrogen) atoms. The summed E-state index contributed by atoms with van der Waals surface area (Å²) in [6.07, 6.45) is 4.61. The van der Waals surface area contributed by atoms with Crippen molar-refractivity contribution >= 4 is 11.4 Å². The third kappa shape index (κ3) is 3.59. The number of carbonyl (C=O) groups is 1. The average molecular weight is 320 g/mol. The fraction of sp³-hybridized carbons (Fsp3) is 0.318. The molecular formula is C22H24O2. The van der Waals surface area contributed by atoms with Gasteiger partial charge in [0.1, 0.15) is 5.75 Å². The van der Waals surface area contributed by atoms with E-state index in [1.165, 1.54) is 18.4 Å². The molecule has 0 atom stereocenters. The molecule has 0 radical (unpaired) electrons. The Balaban J connectivity index is 2.05. The molecule has 1 aliphatic carbocycles. The maximum atomic E-state index is 12.0. The largest absolute Gasteiger partial charge is 0.493 e. The van der Waals surface area contributed by atoms with Crippen molar-refractivity contribution in [2.24, 2.45) is 5.92 Å². The van der Waals surface area contributed by atoms with Gasteiger partial charge in [-0.25, -0.2) is 0 Å². The highest BCUT2D eigenvalue weighted by molar-refractivity contribution is 6.01. The van der Waals surface area contributed by atoms with Crippen molar-refractivity contribution in [3.05, 3.63) is 70.8 Å². The molecule has 0 saturated heterocycles. The van der Waals surface area contributed by atoms with Gasteiger partial charge < -0.3 is 4.74 Å². The molecule has 2 nitrogen and oxygen atoms in total. The summed E-state index contributed by atoms with van der Waals surface area (Å²) in [6, 6.07) is 14.1. The number of aryl methyl sites for hydroxylation is 1. The van der Waals surface area contributed by atoms with E-state index in [2.05, 4.69) is 25.1 Å². The van der Waals surface area contributed by atoms with Crippen LogP contribution in [-0.2, 0) is 0 Å². The third-order valence-electron chi connectivity index (χ3n) is 4.48. The van der Waals surface area contributed by atoms with Crippen molar-refractivity contribution in [2.75, 3.05) is 6.61 Å². The molecule has 2 aromatic rings. The molecule has 0 unspecified atom stereocenters. The molecular weight excluding hydrogens is 296 g/mol. The van der Waals surface area contributed by atoms with Gasteiger partial charge in [0.15, 0.2) is 5.78 Å². The minimum atomic E-state index is 0.0815. The molecule has 1 aliphatic rings. The molecule has 0 aromatic heterocycles. The summed E-state index contributed by atoms with van der Waals surface area (Å²) < 4.78 is 6.09. The second kappa shape index (κ2) is 7.04. The zero-order valence-corrected chi connectivity index (χ0v) is 14.6. The van der Waals surface area contributed by atoms with Crippen molar-refractivity contribution in [3.63, 3.8) is 0 Å².